The molecule has 2 nitrogen and oxygen atoms in total. The molecule has 0 aliphatic rings. The summed E-state index contributed by atoms with van der Waals surface area (Å²) in [5, 5.41) is 0. The first kappa shape index (κ1) is 12.0. The van der Waals surface area contributed by atoms with Gasteiger partial charge in [0.15, 0.2) is 0 Å². The van der Waals surface area contributed by atoms with Crippen LogP contribution in [0, 0.1) is 0 Å². The van der Waals surface area contributed by atoms with E-state index in [2.05, 4.69) is 42.5 Å². The fourth-order valence-corrected chi connectivity index (χ4v) is 1.79. The molecule has 0 N–H and O–H groups in total. The molecule has 0 unspecified atom stereocenters. The van der Waals surface area contributed by atoms with Crippen LogP contribution in [0.3, 0.4) is 0 Å². The predicted molar refractivity (Wildman–Crippen MR) is 57.7 cm³/mol. The van der Waals surface area contributed by atoms with Gasteiger partial charge in [-0.2, -0.15) is 0 Å². The Kier molecular flexibility index (Phi) is 4.93. The number of rotatable bonds is 4. The topological polar surface area (TPSA) is 18.5 Å². The molecule has 0 rings (SSSR count). The van der Waals surface area contributed by atoms with E-state index in [1.165, 1.54) is 0 Å². The molecule has 0 saturated heterocycles. The van der Waals surface area contributed by atoms with E-state index in [0.29, 0.717) is 5.95 Å². The molecule has 0 aliphatic carbocycles. The smallest absolute Gasteiger partial charge is 0.275 e. The number of halogens is 1. The molecule has 12 heavy (non-hydrogen) atoms. The van der Waals surface area contributed by atoms with Gasteiger partial charge in [-0.3, -0.25) is 0 Å². The highest BCUT2D eigenvalue weighted by atomic mass is 79.9. The van der Waals surface area contributed by atoms with Crippen LogP contribution in [0.2, 0.25) is 19.6 Å². The summed E-state index contributed by atoms with van der Waals surface area (Å²) >= 11 is 3.41. The van der Waals surface area contributed by atoms with Crippen molar-refractivity contribution in [3.63, 3.8) is 0 Å². The second-order valence-corrected chi connectivity index (χ2v) is 8.85. The summed E-state index contributed by atoms with van der Waals surface area (Å²) in [6, 6.07) is 0. The highest BCUT2D eigenvalue weighted by Gasteiger charge is 2.19. The van der Waals surface area contributed by atoms with Crippen LogP contribution in [-0.4, -0.2) is 15.4 Å². The largest absolute Gasteiger partial charge is 0.519 e. The standard InChI is InChI=1S/C8H17BrO2Si/c1-6-7(9)8(10-2)11-12(3,4)5/h6H2,1-5H3/b8-7+. The van der Waals surface area contributed by atoms with Gasteiger partial charge < -0.3 is 9.16 Å². The average molecular weight is 253 g/mol. The number of ether oxygens (including phenoxy) is 1. The van der Waals surface area contributed by atoms with Crippen LogP contribution in [-0.2, 0) is 9.16 Å². The summed E-state index contributed by atoms with van der Waals surface area (Å²) in [5.74, 6) is 0.636. The third-order valence-electron chi connectivity index (χ3n) is 1.12. The molecule has 0 fully saturated rings. The quantitative estimate of drug-likeness (QED) is 0.564. The van der Waals surface area contributed by atoms with Gasteiger partial charge >= 0.3 is 0 Å². The predicted octanol–water partition coefficient (Wildman–Crippen LogP) is 3.46. The summed E-state index contributed by atoms with van der Waals surface area (Å²) in [5.41, 5.74) is 0. The Labute approximate surface area is 84.2 Å². The van der Waals surface area contributed by atoms with E-state index in [4.69, 9.17) is 9.16 Å². The van der Waals surface area contributed by atoms with Crippen LogP contribution in [0.5, 0.6) is 0 Å². The summed E-state index contributed by atoms with van der Waals surface area (Å²) < 4.78 is 11.8. The molecule has 0 heterocycles. The first-order valence-corrected chi connectivity index (χ1v) is 8.22. The second kappa shape index (κ2) is 4.92. The first-order chi connectivity index (χ1) is 5.40. The number of hydrogen-bond donors (Lipinski definition) is 0. The third kappa shape index (κ3) is 4.82. The van der Waals surface area contributed by atoms with Crippen molar-refractivity contribution in [3.8, 4) is 0 Å². The van der Waals surface area contributed by atoms with Crippen molar-refractivity contribution in [1.82, 2.24) is 0 Å². The minimum absolute atomic E-state index is 0.636. The lowest BCUT2D eigenvalue weighted by Gasteiger charge is -2.21. The molecule has 0 aromatic rings. The highest BCUT2D eigenvalue weighted by Crippen LogP contribution is 2.21. The van der Waals surface area contributed by atoms with Gasteiger partial charge in [0.05, 0.1) is 11.6 Å². The van der Waals surface area contributed by atoms with E-state index >= 15 is 0 Å². The van der Waals surface area contributed by atoms with Crippen molar-refractivity contribution >= 4 is 24.2 Å². The zero-order valence-electron chi connectivity index (χ0n) is 8.40. The van der Waals surface area contributed by atoms with E-state index in [1.807, 2.05) is 0 Å². The minimum atomic E-state index is -1.53. The highest BCUT2D eigenvalue weighted by molar-refractivity contribution is 9.11. The maximum atomic E-state index is 5.69. The van der Waals surface area contributed by atoms with E-state index < -0.39 is 8.32 Å². The number of allylic oxidation sites excluding steroid dienone is 1. The van der Waals surface area contributed by atoms with Gasteiger partial charge in [-0.15, -0.1) is 0 Å². The molecule has 0 spiro atoms. The van der Waals surface area contributed by atoms with Gasteiger partial charge in [-0.05, 0) is 42.0 Å². The van der Waals surface area contributed by atoms with Crippen molar-refractivity contribution in [1.29, 1.82) is 0 Å². The van der Waals surface area contributed by atoms with E-state index in [1.54, 1.807) is 7.11 Å². The Morgan fingerprint density at radius 3 is 2.08 bits per heavy atom. The molecular formula is C8H17BrO2Si. The van der Waals surface area contributed by atoms with Crippen molar-refractivity contribution < 1.29 is 9.16 Å². The Morgan fingerprint density at radius 2 is 1.83 bits per heavy atom. The van der Waals surface area contributed by atoms with Gasteiger partial charge in [-0.1, -0.05) is 6.92 Å². The maximum Gasteiger partial charge on any atom is 0.275 e. The second-order valence-electron chi connectivity index (χ2n) is 3.46. The van der Waals surface area contributed by atoms with Gasteiger partial charge in [0.1, 0.15) is 0 Å². The molecule has 0 bridgehead atoms. The summed E-state index contributed by atoms with van der Waals surface area (Å²) in [4.78, 5) is 0. The fourth-order valence-electron chi connectivity index (χ4n) is 0.630. The zero-order chi connectivity index (χ0) is 9.78. The van der Waals surface area contributed by atoms with Crippen molar-refractivity contribution in [2.75, 3.05) is 7.11 Å². The Hall–Kier alpha value is 0.0369. The van der Waals surface area contributed by atoms with Crippen LogP contribution in [0.1, 0.15) is 13.3 Å². The molecule has 0 saturated carbocycles. The lowest BCUT2D eigenvalue weighted by molar-refractivity contribution is 0.144. The van der Waals surface area contributed by atoms with Crippen molar-refractivity contribution in [2.45, 2.75) is 33.0 Å². The molecule has 4 heteroatoms. The minimum Gasteiger partial charge on any atom is -0.519 e. The van der Waals surface area contributed by atoms with E-state index in [9.17, 15) is 0 Å². The molecule has 0 radical (unpaired) electrons. The normalized spacial score (nSPS) is 13.8. The SMILES string of the molecule is CC/C(Br)=C(/OC)O[Si](C)(C)C. The first-order valence-electron chi connectivity index (χ1n) is 4.02. The lowest BCUT2D eigenvalue weighted by atomic mass is 10.5. The molecule has 0 aromatic carbocycles. The zero-order valence-corrected chi connectivity index (χ0v) is 11.0. The molecule has 0 atom stereocenters. The van der Waals surface area contributed by atoms with Crippen LogP contribution < -0.4 is 0 Å². The van der Waals surface area contributed by atoms with Crippen molar-refractivity contribution in [3.05, 3.63) is 10.4 Å². The van der Waals surface area contributed by atoms with Crippen LogP contribution in [0.4, 0.5) is 0 Å². The average Bonchev–Trinajstić information content (AvgIpc) is 1.97. The molecule has 0 aromatic heterocycles. The van der Waals surface area contributed by atoms with Gasteiger partial charge in [0.25, 0.3) is 5.95 Å². The Morgan fingerprint density at radius 1 is 1.33 bits per heavy atom. The third-order valence-corrected chi connectivity index (χ3v) is 2.80. The monoisotopic (exact) mass is 252 g/mol. The molecular weight excluding hydrogens is 236 g/mol. The van der Waals surface area contributed by atoms with Crippen LogP contribution in [0.15, 0.2) is 10.4 Å². The maximum absolute atomic E-state index is 5.69. The van der Waals surface area contributed by atoms with Gasteiger partial charge in [-0.25, -0.2) is 0 Å². The summed E-state index contributed by atoms with van der Waals surface area (Å²) in [7, 11) is 0.0982. The van der Waals surface area contributed by atoms with Crippen LogP contribution >= 0.6 is 15.9 Å². The number of methoxy groups -OCH3 is 1. The lowest BCUT2D eigenvalue weighted by Crippen LogP contribution is -2.25. The van der Waals surface area contributed by atoms with E-state index in [-0.39, 0.29) is 0 Å². The van der Waals surface area contributed by atoms with Crippen LogP contribution in [0.25, 0.3) is 0 Å². The molecule has 72 valence electrons. The van der Waals surface area contributed by atoms with Gasteiger partial charge in [0, 0.05) is 0 Å². The Bertz CT molecular complexity index is 172. The molecule has 0 amide bonds. The summed E-state index contributed by atoms with van der Waals surface area (Å²) in [6.07, 6.45) is 0.896. The fraction of sp³-hybridized carbons (Fsp3) is 0.750. The summed E-state index contributed by atoms with van der Waals surface area (Å²) in [6.45, 7) is 8.43. The molecule has 0 aliphatic heterocycles. The van der Waals surface area contributed by atoms with Gasteiger partial charge in [0.2, 0.25) is 8.32 Å². The number of hydrogen-bond acceptors (Lipinski definition) is 2. The van der Waals surface area contributed by atoms with E-state index in [0.717, 1.165) is 10.9 Å². The Balaban J connectivity index is 4.38. The van der Waals surface area contributed by atoms with Crippen molar-refractivity contribution in [2.24, 2.45) is 0 Å².